The van der Waals surface area contributed by atoms with Gasteiger partial charge >= 0.3 is 0 Å². The summed E-state index contributed by atoms with van der Waals surface area (Å²) in [7, 11) is 1.81. The van der Waals surface area contributed by atoms with Crippen LogP contribution in [-0.2, 0) is 10.2 Å². The summed E-state index contributed by atoms with van der Waals surface area (Å²) in [4.78, 5) is 4.36. The number of aliphatic hydroxyl groups excluding tert-OH is 1. The van der Waals surface area contributed by atoms with E-state index in [1.165, 1.54) is 18.4 Å². The number of nitrogens with one attached hydrogen (secondary N) is 2. The summed E-state index contributed by atoms with van der Waals surface area (Å²) < 4.78 is 5.55. The zero-order valence-corrected chi connectivity index (χ0v) is 14.6. The van der Waals surface area contributed by atoms with Crippen molar-refractivity contribution in [1.29, 1.82) is 0 Å². The molecule has 0 bridgehead atoms. The first-order valence-corrected chi connectivity index (χ1v) is 8.91. The lowest BCUT2D eigenvalue weighted by Crippen LogP contribution is -2.46. The average molecular weight is 331 g/mol. The topological polar surface area (TPSA) is 65.9 Å². The van der Waals surface area contributed by atoms with Gasteiger partial charge in [0.15, 0.2) is 5.96 Å². The number of guanidine groups is 1. The van der Waals surface area contributed by atoms with Crippen LogP contribution in [0.25, 0.3) is 0 Å². The number of ether oxygens (including phenoxy) is 1. The Kier molecular flexibility index (Phi) is 5.41. The molecule has 1 aromatic rings. The van der Waals surface area contributed by atoms with E-state index in [9.17, 15) is 5.11 Å². The highest BCUT2D eigenvalue weighted by atomic mass is 16.5. The standard InChI is InChI=1S/C19H29N3O2/c1-20-17(21-13-18(9-11-23)10-12-24-15-18)22-14-19(7-8-19)16-5-3-2-4-6-16/h2-6,23H,7-15H2,1H3,(H2,20,21,22). The van der Waals surface area contributed by atoms with Crippen molar-refractivity contribution in [2.75, 3.05) is 40.0 Å². The van der Waals surface area contributed by atoms with E-state index in [0.717, 1.165) is 38.5 Å². The van der Waals surface area contributed by atoms with Gasteiger partial charge in [0.2, 0.25) is 0 Å². The Morgan fingerprint density at radius 2 is 1.92 bits per heavy atom. The Hall–Kier alpha value is -1.59. The van der Waals surface area contributed by atoms with Gasteiger partial charge in [-0.25, -0.2) is 0 Å². The van der Waals surface area contributed by atoms with Gasteiger partial charge in [0.1, 0.15) is 0 Å². The lowest BCUT2D eigenvalue weighted by molar-refractivity contribution is 0.127. The molecular weight excluding hydrogens is 302 g/mol. The first-order chi connectivity index (χ1) is 11.7. The fourth-order valence-corrected chi connectivity index (χ4v) is 3.57. The number of hydrogen-bond acceptors (Lipinski definition) is 3. The number of aliphatic imine (C=N–C) groups is 1. The van der Waals surface area contributed by atoms with Crippen LogP contribution < -0.4 is 10.6 Å². The number of hydrogen-bond donors (Lipinski definition) is 3. The molecule has 1 atom stereocenters. The first kappa shape index (κ1) is 17.2. The van der Waals surface area contributed by atoms with Crippen LogP contribution in [0.15, 0.2) is 35.3 Å². The molecular formula is C19H29N3O2. The van der Waals surface area contributed by atoms with Crippen LogP contribution in [0.2, 0.25) is 0 Å². The van der Waals surface area contributed by atoms with Crippen LogP contribution in [0.4, 0.5) is 0 Å². The summed E-state index contributed by atoms with van der Waals surface area (Å²) in [6, 6.07) is 10.7. The van der Waals surface area contributed by atoms with Gasteiger partial charge < -0.3 is 20.5 Å². The predicted octanol–water partition coefficient (Wildman–Crippen LogP) is 1.67. The zero-order chi connectivity index (χ0) is 16.9. The van der Waals surface area contributed by atoms with Crippen molar-refractivity contribution in [3.05, 3.63) is 35.9 Å². The second-order valence-corrected chi connectivity index (χ2v) is 7.20. The number of nitrogens with zero attached hydrogens (tertiary/aromatic N) is 1. The van der Waals surface area contributed by atoms with Crippen molar-refractivity contribution in [2.45, 2.75) is 31.1 Å². The maximum Gasteiger partial charge on any atom is 0.191 e. The molecule has 2 fully saturated rings. The Morgan fingerprint density at radius 1 is 1.17 bits per heavy atom. The SMILES string of the molecule is CN=C(NCC1(CCO)CCOC1)NCC1(c2ccccc2)CC1. The van der Waals surface area contributed by atoms with Crippen molar-refractivity contribution in [2.24, 2.45) is 10.4 Å². The van der Waals surface area contributed by atoms with Gasteiger partial charge in [-0.05, 0) is 31.2 Å². The Bertz CT molecular complexity index is 549. The van der Waals surface area contributed by atoms with Crippen LogP contribution >= 0.6 is 0 Å². The highest BCUT2D eigenvalue weighted by Crippen LogP contribution is 2.47. The van der Waals surface area contributed by atoms with E-state index in [1.54, 1.807) is 7.05 Å². The normalized spacial score (nSPS) is 25.5. The van der Waals surface area contributed by atoms with Crippen LogP contribution in [0, 0.1) is 5.41 Å². The van der Waals surface area contributed by atoms with Crippen LogP contribution in [-0.4, -0.2) is 51.0 Å². The monoisotopic (exact) mass is 331 g/mol. The molecule has 0 amide bonds. The third kappa shape index (κ3) is 3.90. The number of benzene rings is 1. The zero-order valence-electron chi connectivity index (χ0n) is 14.6. The molecule has 1 saturated carbocycles. The van der Waals surface area contributed by atoms with Crippen LogP contribution in [0.3, 0.4) is 0 Å². The maximum absolute atomic E-state index is 9.33. The van der Waals surface area contributed by atoms with Crippen molar-refractivity contribution < 1.29 is 9.84 Å². The Balaban J connectivity index is 1.52. The molecule has 24 heavy (non-hydrogen) atoms. The van der Waals surface area contributed by atoms with Crippen LogP contribution in [0.5, 0.6) is 0 Å². The highest BCUT2D eigenvalue weighted by molar-refractivity contribution is 5.79. The van der Waals surface area contributed by atoms with E-state index in [1.807, 2.05) is 0 Å². The quantitative estimate of drug-likeness (QED) is 0.525. The largest absolute Gasteiger partial charge is 0.396 e. The van der Waals surface area contributed by atoms with Gasteiger partial charge in [0.25, 0.3) is 0 Å². The summed E-state index contributed by atoms with van der Waals surface area (Å²) in [5.74, 6) is 0.835. The average Bonchev–Trinajstić information content (AvgIpc) is 3.28. The smallest absolute Gasteiger partial charge is 0.191 e. The first-order valence-electron chi connectivity index (χ1n) is 8.91. The summed E-state index contributed by atoms with van der Waals surface area (Å²) in [6.07, 6.45) is 4.21. The second-order valence-electron chi connectivity index (χ2n) is 7.20. The highest BCUT2D eigenvalue weighted by Gasteiger charge is 2.44. The maximum atomic E-state index is 9.33. The molecule has 0 spiro atoms. The fraction of sp³-hybridized carbons (Fsp3) is 0.632. The van der Waals surface area contributed by atoms with Crippen molar-refractivity contribution >= 4 is 5.96 Å². The summed E-state index contributed by atoms with van der Waals surface area (Å²) in [5.41, 5.74) is 1.70. The Labute approximate surface area is 144 Å². The summed E-state index contributed by atoms with van der Waals surface area (Å²) in [6.45, 7) is 3.39. The predicted molar refractivity (Wildman–Crippen MR) is 96.3 cm³/mol. The van der Waals surface area contributed by atoms with Crippen LogP contribution in [0.1, 0.15) is 31.2 Å². The van der Waals surface area contributed by atoms with Gasteiger partial charge in [-0.15, -0.1) is 0 Å². The molecule has 132 valence electrons. The molecule has 5 heteroatoms. The van der Waals surface area contributed by atoms with E-state index in [-0.39, 0.29) is 17.4 Å². The molecule has 0 aromatic heterocycles. The molecule has 3 N–H and O–H groups in total. The minimum absolute atomic E-state index is 0.0308. The molecule has 0 radical (unpaired) electrons. The molecule has 5 nitrogen and oxygen atoms in total. The second kappa shape index (κ2) is 7.53. The molecule has 1 aliphatic heterocycles. The number of rotatable bonds is 7. The van der Waals surface area contributed by atoms with Gasteiger partial charge in [-0.2, -0.15) is 0 Å². The third-order valence-corrected chi connectivity index (χ3v) is 5.52. The molecule has 2 aliphatic rings. The molecule has 1 saturated heterocycles. The van der Waals surface area contributed by atoms with E-state index in [0.29, 0.717) is 6.61 Å². The van der Waals surface area contributed by atoms with E-state index < -0.39 is 0 Å². The van der Waals surface area contributed by atoms with Crippen molar-refractivity contribution in [1.82, 2.24) is 10.6 Å². The van der Waals surface area contributed by atoms with Gasteiger partial charge in [0, 0.05) is 44.2 Å². The van der Waals surface area contributed by atoms with Crippen molar-refractivity contribution in [3.8, 4) is 0 Å². The van der Waals surface area contributed by atoms with E-state index >= 15 is 0 Å². The molecule has 1 unspecified atom stereocenters. The minimum Gasteiger partial charge on any atom is -0.396 e. The molecule has 3 rings (SSSR count). The third-order valence-electron chi connectivity index (χ3n) is 5.52. The minimum atomic E-state index is 0.0308. The van der Waals surface area contributed by atoms with Crippen molar-refractivity contribution in [3.63, 3.8) is 0 Å². The summed E-state index contributed by atoms with van der Waals surface area (Å²) >= 11 is 0. The van der Waals surface area contributed by atoms with Gasteiger partial charge in [0.05, 0.1) is 6.61 Å². The van der Waals surface area contributed by atoms with Gasteiger partial charge in [-0.1, -0.05) is 30.3 Å². The lowest BCUT2D eigenvalue weighted by atomic mass is 9.84. The lowest BCUT2D eigenvalue weighted by Gasteiger charge is -2.28. The van der Waals surface area contributed by atoms with Gasteiger partial charge in [-0.3, -0.25) is 4.99 Å². The summed E-state index contributed by atoms with van der Waals surface area (Å²) in [5, 5.41) is 16.3. The Morgan fingerprint density at radius 3 is 2.50 bits per heavy atom. The van der Waals surface area contributed by atoms with E-state index in [4.69, 9.17) is 4.74 Å². The number of aliphatic hydroxyl groups is 1. The molecule has 1 aromatic carbocycles. The molecule has 1 heterocycles. The van der Waals surface area contributed by atoms with E-state index in [2.05, 4.69) is 46.0 Å². The fourth-order valence-electron chi connectivity index (χ4n) is 3.57. The molecule has 1 aliphatic carbocycles.